The van der Waals surface area contributed by atoms with Gasteiger partial charge >= 0.3 is 0 Å². The van der Waals surface area contributed by atoms with E-state index in [0.717, 1.165) is 6.42 Å². The molecule has 0 spiro atoms. The van der Waals surface area contributed by atoms with Crippen LogP contribution in [0.15, 0.2) is 45.6 Å². The first kappa shape index (κ1) is 17.7. The summed E-state index contributed by atoms with van der Waals surface area (Å²) in [6, 6.07) is 9.97. The van der Waals surface area contributed by atoms with E-state index in [1.807, 2.05) is 6.92 Å². The highest BCUT2D eigenvalue weighted by atomic mass is 16.5. The van der Waals surface area contributed by atoms with Gasteiger partial charge in [0.15, 0.2) is 17.3 Å². The molecule has 3 aromatic rings. The van der Waals surface area contributed by atoms with Crippen molar-refractivity contribution in [2.24, 2.45) is 0 Å². The molecule has 0 radical (unpaired) electrons. The van der Waals surface area contributed by atoms with Crippen LogP contribution < -0.4 is 19.6 Å². The molecular formula is C20H20O6. The Hall–Kier alpha value is -3.15. The summed E-state index contributed by atoms with van der Waals surface area (Å²) < 4.78 is 21.8. The normalized spacial score (nSPS) is 10.7. The molecule has 0 atom stereocenters. The third-order valence-corrected chi connectivity index (χ3v) is 3.96. The van der Waals surface area contributed by atoms with Gasteiger partial charge in [0.05, 0.1) is 26.2 Å². The van der Waals surface area contributed by atoms with Crippen LogP contribution in [0.3, 0.4) is 0 Å². The van der Waals surface area contributed by atoms with Crippen molar-refractivity contribution in [3.8, 4) is 34.3 Å². The largest absolute Gasteiger partial charge is 0.502 e. The van der Waals surface area contributed by atoms with E-state index in [-0.39, 0.29) is 11.1 Å². The van der Waals surface area contributed by atoms with Crippen LogP contribution in [0.25, 0.3) is 22.3 Å². The van der Waals surface area contributed by atoms with Gasteiger partial charge in [0.25, 0.3) is 0 Å². The van der Waals surface area contributed by atoms with Crippen molar-refractivity contribution in [2.45, 2.75) is 13.3 Å². The molecule has 26 heavy (non-hydrogen) atoms. The zero-order chi connectivity index (χ0) is 18.7. The van der Waals surface area contributed by atoms with E-state index in [1.54, 1.807) is 36.4 Å². The van der Waals surface area contributed by atoms with E-state index in [1.165, 1.54) is 14.2 Å². The van der Waals surface area contributed by atoms with Crippen LogP contribution >= 0.6 is 0 Å². The van der Waals surface area contributed by atoms with Crippen LogP contribution in [-0.4, -0.2) is 25.9 Å². The van der Waals surface area contributed by atoms with Crippen molar-refractivity contribution in [3.05, 3.63) is 46.6 Å². The highest BCUT2D eigenvalue weighted by Gasteiger charge is 2.17. The summed E-state index contributed by atoms with van der Waals surface area (Å²) in [7, 11) is 3.04. The van der Waals surface area contributed by atoms with Gasteiger partial charge in [0.1, 0.15) is 11.3 Å². The minimum absolute atomic E-state index is 0.0747. The Labute approximate surface area is 150 Å². The minimum atomic E-state index is -0.516. The molecule has 0 aliphatic carbocycles. The first-order valence-corrected chi connectivity index (χ1v) is 8.24. The zero-order valence-corrected chi connectivity index (χ0v) is 14.9. The second-order valence-electron chi connectivity index (χ2n) is 5.69. The molecule has 2 aromatic carbocycles. The lowest BCUT2D eigenvalue weighted by Gasteiger charge is -2.11. The number of hydrogen-bond donors (Lipinski definition) is 1. The average molecular weight is 356 g/mol. The summed E-state index contributed by atoms with van der Waals surface area (Å²) in [5, 5.41) is 10.7. The Bertz CT molecular complexity index is 989. The Morgan fingerprint density at radius 1 is 1.04 bits per heavy atom. The molecule has 0 amide bonds. The maximum Gasteiger partial charge on any atom is 0.235 e. The number of hydrogen-bond acceptors (Lipinski definition) is 6. The average Bonchev–Trinajstić information content (AvgIpc) is 2.68. The predicted molar refractivity (Wildman–Crippen MR) is 98.5 cm³/mol. The molecule has 1 heterocycles. The van der Waals surface area contributed by atoms with Crippen LogP contribution in [0, 0.1) is 0 Å². The molecule has 0 fully saturated rings. The van der Waals surface area contributed by atoms with E-state index in [2.05, 4.69) is 0 Å². The summed E-state index contributed by atoms with van der Waals surface area (Å²) in [5.41, 5.74) is 0.352. The molecule has 0 saturated heterocycles. The van der Waals surface area contributed by atoms with Gasteiger partial charge in [-0.25, -0.2) is 0 Å². The van der Waals surface area contributed by atoms with Crippen LogP contribution in [0.2, 0.25) is 0 Å². The highest BCUT2D eigenvalue weighted by molar-refractivity contribution is 5.83. The number of methoxy groups -OCH3 is 2. The predicted octanol–water partition coefficient (Wildman–Crippen LogP) is 3.97. The van der Waals surface area contributed by atoms with Crippen molar-refractivity contribution in [2.75, 3.05) is 20.8 Å². The van der Waals surface area contributed by atoms with Gasteiger partial charge in [-0.2, -0.15) is 0 Å². The quantitative estimate of drug-likeness (QED) is 0.720. The minimum Gasteiger partial charge on any atom is -0.502 e. The summed E-state index contributed by atoms with van der Waals surface area (Å²) >= 11 is 0. The molecule has 3 rings (SSSR count). The van der Waals surface area contributed by atoms with Crippen LogP contribution in [0.5, 0.6) is 23.0 Å². The van der Waals surface area contributed by atoms with Gasteiger partial charge < -0.3 is 23.7 Å². The second-order valence-corrected chi connectivity index (χ2v) is 5.69. The Morgan fingerprint density at radius 3 is 2.50 bits per heavy atom. The topological polar surface area (TPSA) is 78.1 Å². The summed E-state index contributed by atoms with van der Waals surface area (Å²) in [4.78, 5) is 12.6. The molecule has 0 bridgehead atoms. The van der Waals surface area contributed by atoms with Crippen molar-refractivity contribution in [3.63, 3.8) is 0 Å². The fourth-order valence-electron chi connectivity index (χ4n) is 2.65. The SMILES string of the molecule is CCCOc1ccc2oc(-c3ccc(OC)c(OC)c3)c(O)c(=O)c2c1. The maximum atomic E-state index is 12.6. The second kappa shape index (κ2) is 7.39. The number of aromatic hydroxyl groups is 1. The number of ether oxygens (including phenoxy) is 3. The van der Waals surface area contributed by atoms with Gasteiger partial charge in [-0.05, 0) is 42.8 Å². The van der Waals surface area contributed by atoms with Crippen molar-refractivity contribution in [1.29, 1.82) is 0 Å². The van der Waals surface area contributed by atoms with Gasteiger partial charge in [-0.1, -0.05) is 6.92 Å². The number of benzene rings is 2. The molecule has 136 valence electrons. The molecular weight excluding hydrogens is 336 g/mol. The van der Waals surface area contributed by atoms with Gasteiger partial charge in [-0.3, -0.25) is 4.79 Å². The standard InChI is InChI=1S/C20H20O6/c1-4-9-25-13-6-8-15-14(11-13)18(21)19(22)20(26-15)12-5-7-16(23-2)17(10-12)24-3/h5-8,10-11,22H,4,9H2,1-3H3. The smallest absolute Gasteiger partial charge is 0.235 e. The fourth-order valence-corrected chi connectivity index (χ4v) is 2.65. The Kier molecular flexibility index (Phi) is 5.02. The molecule has 1 aromatic heterocycles. The van der Waals surface area contributed by atoms with Crippen LogP contribution in [0.4, 0.5) is 0 Å². The van der Waals surface area contributed by atoms with Gasteiger partial charge in [-0.15, -0.1) is 0 Å². The monoisotopic (exact) mass is 356 g/mol. The molecule has 0 aliphatic rings. The van der Waals surface area contributed by atoms with E-state index in [9.17, 15) is 9.90 Å². The first-order valence-electron chi connectivity index (χ1n) is 8.24. The summed E-state index contributed by atoms with van der Waals surface area (Å²) in [5.74, 6) is 1.18. The number of rotatable bonds is 6. The van der Waals surface area contributed by atoms with E-state index >= 15 is 0 Å². The fraction of sp³-hybridized carbons (Fsp3) is 0.250. The van der Waals surface area contributed by atoms with Gasteiger partial charge in [0, 0.05) is 5.56 Å². The third kappa shape index (κ3) is 3.18. The Morgan fingerprint density at radius 2 is 1.81 bits per heavy atom. The third-order valence-electron chi connectivity index (χ3n) is 3.96. The lowest BCUT2D eigenvalue weighted by molar-refractivity contribution is 0.317. The molecule has 0 aliphatic heterocycles. The van der Waals surface area contributed by atoms with E-state index in [4.69, 9.17) is 18.6 Å². The van der Waals surface area contributed by atoms with Crippen LogP contribution in [0.1, 0.15) is 13.3 Å². The Balaban J connectivity index is 2.13. The lowest BCUT2D eigenvalue weighted by atomic mass is 10.1. The summed E-state index contributed by atoms with van der Waals surface area (Å²) in [6.45, 7) is 2.54. The van der Waals surface area contributed by atoms with E-state index < -0.39 is 11.2 Å². The molecule has 0 unspecified atom stereocenters. The van der Waals surface area contributed by atoms with Crippen molar-refractivity contribution in [1.82, 2.24) is 0 Å². The van der Waals surface area contributed by atoms with Crippen LogP contribution in [-0.2, 0) is 0 Å². The first-order chi connectivity index (χ1) is 12.6. The molecule has 0 saturated carbocycles. The zero-order valence-electron chi connectivity index (χ0n) is 14.9. The van der Waals surface area contributed by atoms with Gasteiger partial charge in [0.2, 0.25) is 11.2 Å². The van der Waals surface area contributed by atoms with Crippen molar-refractivity contribution >= 4 is 11.0 Å². The summed E-state index contributed by atoms with van der Waals surface area (Å²) in [6.07, 6.45) is 0.857. The van der Waals surface area contributed by atoms with Crippen molar-refractivity contribution < 1.29 is 23.7 Å². The maximum absolute atomic E-state index is 12.6. The van der Waals surface area contributed by atoms with E-state index in [0.29, 0.717) is 35.0 Å². The highest BCUT2D eigenvalue weighted by Crippen LogP contribution is 2.36. The lowest BCUT2D eigenvalue weighted by Crippen LogP contribution is -2.04. The molecule has 1 N–H and O–H groups in total. The number of fused-ring (bicyclic) bond motifs is 1. The molecule has 6 heteroatoms. The molecule has 6 nitrogen and oxygen atoms in total.